The second-order valence-corrected chi connectivity index (χ2v) is 7.25. The average Bonchev–Trinajstić information content (AvgIpc) is 3.34. The molecule has 0 bridgehead atoms. The fourth-order valence-corrected chi connectivity index (χ4v) is 4.29. The van der Waals surface area contributed by atoms with E-state index in [9.17, 15) is 0 Å². The number of hydrogen-bond donors (Lipinski definition) is 1. The summed E-state index contributed by atoms with van der Waals surface area (Å²) in [6.45, 7) is 2.28. The van der Waals surface area contributed by atoms with E-state index < -0.39 is 0 Å². The van der Waals surface area contributed by atoms with Crippen molar-refractivity contribution in [3.8, 4) is 0 Å². The van der Waals surface area contributed by atoms with E-state index in [0.717, 1.165) is 18.5 Å². The number of rotatable bonds is 2. The molecule has 0 aromatic heterocycles. The van der Waals surface area contributed by atoms with Crippen LogP contribution in [0.15, 0.2) is 24.3 Å². The Bertz CT molecular complexity index is 472. The van der Waals surface area contributed by atoms with Crippen LogP contribution in [-0.2, 0) is 6.54 Å². The molecular weight excluding hydrogens is 256 g/mol. The lowest BCUT2D eigenvalue weighted by Crippen LogP contribution is -2.44. The Morgan fingerprint density at radius 3 is 2.43 bits per heavy atom. The number of fused-ring (bicyclic) bond motifs is 1. The van der Waals surface area contributed by atoms with Crippen LogP contribution in [0.4, 0.5) is 5.69 Å². The second-order valence-electron chi connectivity index (χ2n) is 7.25. The van der Waals surface area contributed by atoms with Gasteiger partial charge in [-0.3, -0.25) is 0 Å². The zero-order valence-electron chi connectivity index (χ0n) is 13.1. The van der Waals surface area contributed by atoms with E-state index in [2.05, 4.69) is 34.5 Å². The van der Waals surface area contributed by atoms with Gasteiger partial charge in [-0.05, 0) is 43.2 Å². The first-order valence-electron chi connectivity index (χ1n) is 9.00. The molecule has 1 heterocycles. The largest absolute Gasteiger partial charge is 0.367 e. The summed E-state index contributed by atoms with van der Waals surface area (Å²) >= 11 is 0. The molecular formula is C19H28N2. The molecule has 2 saturated carbocycles. The third-order valence-corrected chi connectivity index (χ3v) is 5.71. The van der Waals surface area contributed by atoms with Gasteiger partial charge in [0.2, 0.25) is 0 Å². The van der Waals surface area contributed by atoms with Gasteiger partial charge < -0.3 is 10.2 Å². The molecule has 1 unspecified atom stereocenters. The molecule has 1 atom stereocenters. The summed E-state index contributed by atoms with van der Waals surface area (Å²) in [5, 5.41) is 3.84. The lowest BCUT2D eigenvalue weighted by Gasteiger charge is -2.35. The molecule has 1 aromatic carbocycles. The molecule has 2 aliphatic carbocycles. The first-order chi connectivity index (χ1) is 10.4. The summed E-state index contributed by atoms with van der Waals surface area (Å²) in [6, 6.07) is 10.6. The number of anilines is 1. The third-order valence-electron chi connectivity index (χ3n) is 5.71. The van der Waals surface area contributed by atoms with E-state index in [-0.39, 0.29) is 0 Å². The maximum atomic E-state index is 3.84. The van der Waals surface area contributed by atoms with E-state index in [1.807, 2.05) is 0 Å². The lowest BCUT2D eigenvalue weighted by molar-refractivity contribution is 0.435. The van der Waals surface area contributed by atoms with Crippen molar-refractivity contribution in [1.82, 2.24) is 5.32 Å². The van der Waals surface area contributed by atoms with Crippen molar-refractivity contribution in [3.63, 3.8) is 0 Å². The van der Waals surface area contributed by atoms with Gasteiger partial charge in [0.25, 0.3) is 0 Å². The highest BCUT2D eigenvalue weighted by Crippen LogP contribution is 2.37. The fraction of sp³-hybridized carbons (Fsp3) is 0.684. The molecule has 0 radical (unpaired) electrons. The topological polar surface area (TPSA) is 15.3 Å². The van der Waals surface area contributed by atoms with E-state index in [1.54, 1.807) is 0 Å². The van der Waals surface area contributed by atoms with Gasteiger partial charge >= 0.3 is 0 Å². The molecule has 2 fully saturated rings. The minimum absolute atomic E-state index is 0.709. The SMILES string of the molecule is c1ccc2c(c1)CNC(C1CC1)CN2C1CCCCCC1. The highest BCUT2D eigenvalue weighted by Gasteiger charge is 2.35. The molecule has 114 valence electrons. The van der Waals surface area contributed by atoms with Crippen LogP contribution in [0.25, 0.3) is 0 Å². The quantitative estimate of drug-likeness (QED) is 0.823. The van der Waals surface area contributed by atoms with Crippen LogP contribution in [0.1, 0.15) is 56.9 Å². The van der Waals surface area contributed by atoms with E-state index >= 15 is 0 Å². The Kier molecular flexibility index (Phi) is 3.89. The minimum Gasteiger partial charge on any atom is -0.367 e. The molecule has 1 N–H and O–H groups in total. The van der Waals surface area contributed by atoms with Gasteiger partial charge in [0.15, 0.2) is 0 Å². The Hall–Kier alpha value is -1.02. The van der Waals surface area contributed by atoms with E-state index in [4.69, 9.17) is 0 Å². The molecule has 2 heteroatoms. The zero-order chi connectivity index (χ0) is 14.1. The maximum absolute atomic E-state index is 3.84. The zero-order valence-corrected chi connectivity index (χ0v) is 13.1. The summed E-state index contributed by atoms with van der Waals surface area (Å²) in [4.78, 5) is 2.78. The Labute approximate surface area is 128 Å². The predicted octanol–water partition coefficient (Wildman–Crippen LogP) is 4.10. The first-order valence-corrected chi connectivity index (χ1v) is 9.00. The lowest BCUT2D eigenvalue weighted by atomic mass is 10.0. The van der Waals surface area contributed by atoms with E-state index in [1.165, 1.54) is 69.2 Å². The van der Waals surface area contributed by atoms with Gasteiger partial charge in [-0.15, -0.1) is 0 Å². The molecule has 4 rings (SSSR count). The van der Waals surface area contributed by atoms with Crippen molar-refractivity contribution in [2.45, 2.75) is 70.0 Å². The molecule has 3 aliphatic rings. The highest BCUT2D eigenvalue weighted by atomic mass is 15.2. The molecule has 0 amide bonds. The van der Waals surface area contributed by atoms with Crippen LogP contribution >= 0.6 is 0 Å². The monoisotopic (exact) mass is 284 g/mol. The van der Waals surface area contributed by atoms with Crippen LogP contribution in [0, 0.1) is 5.92 Å². The van der Waals surface area contributed by atoms with Crippen molar-refractivity contribution in [1.29, 1.82) is 0 Å². The number of para-hydroxylation sites is 1. The number of benzene rings is 1. The number of nitrogens with zero attached hydrogens (tertiary/aromatic N) is 1. The summed E-state index contributed by atoms with van der Waals surface area (Å²) in [5.41, 5.74) is 3.02. The minimum atomic E-state index is 0.709. The van der Waals surface area contributed by atoms with E-state index in [0.29, 0.717) is 6.04 Å². The van der Waals surface area contributed by atoms with Crippen molar-refractivity contribution >= 4 is 5.69 Å². The number of nitrogens with one attached hydrogen (secondary N) is 1. The van der Waals surface area contributed by atoms with Gasteiger partial charge in [-0.25, -0.2) is 0 Å². The van der Waals surface area contributed by atoms with Crippen LogP contribution in [0.2, 0.25) is 0 Å². The van der Waals surface area contributed by atoms with Crippen LogP contribution in [0.3, 0.4) is 0 Å². The summed E-state index contributed by atoms with van der Waals surface area (Å²) in [6.07, 6.45) is 11.4. The van der Waals surface area contributed by atoms with Gasteiger partial charge in [0, 0.05) is 30.9 Å². The molecule has 1 aromatic rings. The summed E-state index contributed by atoms with van der Waals surface area (Å²) < 4.78 is 0. The van der Waals surface area contributed by atoms with Crippen molar-refractivity contribution < 1.29 is 0 Å². The Morgan fingerprint density at radius 1 is 0.905 bits per heavy atom. The van der Waals surface area contributed by atoms with Gasteiger partial charge in [0.1, 0.15) is 0 Å². The molecule has 0 spiro atoms. The normalized spacial score (nSPS) is 27.8. The Morgan fingerprint density at radius 2 is 1.67 bits per heavy atom. The van der Waals surface area contributed by atoms with Crippen molar-refractivity contribution in [2.75, 3.05) is 11.4 Å². The second kappa shape index (κ2) is 6.00. The summed E-state index contributed by atoms with van der Waals surface area (Å²) in [5.74, 6) is 0.938. The van der Waals surface area contributed by atoms with Crippen molar-refractivity contribution in [3.05, 3.63) is 29.8 Å². The highest BCUT2D eigenvalue weighted by molar-refractivity contribution is 5.55. The van der Waals surface area contributed by atoms with Gasteiger partial charge in [-0.1, -0.05) is 43.9 Å². The van der Waals surface area contributed by atoms with Crippen LogP contribution in [-0.4, -0.2) is 18.6 Å². The maximum Gasteiger partial charge on any atom is 0.0414 e. The standard InChI is InChI=1S/C19H28N2/c1-2-4-9-17(8-3-1)21-14-18(15-11-12-15)20-13-16-7-5-6-10-19(16)21/h5-7,10,15,17-18,20H,1-4,8-9,11-14H2. The third kappa shape index (κ3) is 2.96. The Balaban J connectivity index is 1.62. The molecule has 21 heavy (non-hydrogen) atoms. The van der Waals surface area contributed by atoms with Crippen LogP contribution in [0.5, 0.6) is 0 Å². The smallest absolute Gasteiger partial charge is 0.0414 e. The first kappa shape index (κ1) is 13.6. The van der Waals surface area contributed by atoms with Crippen molar-refractivity contribution in [2.24, 2.45) is 5.92 Å². The molecule has 2 nitrogen and oxygen atoms in total. The van der Waals surface area contributed by atoms with Gasteiger partial charge in [0.05, 0.1) is 0 Å². The van der Waals surface area contributed by atoms with Gasteiger partial charge in [-0.2, -0.15) is 0 Å². The molecule has 0 saturated heterocycles. The average molecular weight is 284 g/mol. The molecule has 1 aliphatic heterocycles. The predicted molar refractivity (Wildman–Crippen MR) is 88.6 cm³/mol. The van der Waals surface area contributed by atoms with Crippen LogP contribution < -0.4 is 10.2 Å². The summed E-state index contributed by atoms with van der Waals surface area (Å²) in [7, 11) is 0. The fourth-order valence-electron chi connectivity index (χ4n) is 4.29. The number of hydrogen-bond acceptors (Lipinski definition) is 2.